The molecular weight excluding hydrogens is 351 g/mol. The van der Waals surface area contributed by atoms with Crippen LogP contribution in [0.3, 0.4) is 0 Å². The molecule has 6 nitrogen and oxygen atoms in total. The minimum atomic E-state index is -4.19. The topological polar surface area (TPSA) is 104 Å². The lowest BCUT2D eigenvalue weighted by molar-refractivity contribution is 0.0817. The summed E-state index contributed by atoms with van der Waals surface area (Å²) in [5, 5.41) is -0.915. The van der Waals surface area contributed by atoms with Gasteiger partial charge in [-0.3, -0.25) is 9.36 Å². The van der Waals surface area contributed by atoms with Crippen LogP contribution in [0.4, 0.5) is 5.69 Å². The standard InChI is InChI=1S/C19H29N2O4P/c1-4-13-10-12(8-9-19(13,5-2)26(23,24)25)14-6-7-16(20)17-15(14)11-21(3)18(17)22/h6-7,12-13H,4-5,8-11,20H2,1-3H3,(H2,23,24,25). The Hall–Kier alpha value is -1.36. The highest BCUT2D eigenvalue weighted by Crippen LogP contribution is 2.64. The molecule has 7 heteroatoms. The van der Waals surface area contributed by atoms with E-state index in [4.69, 9.17) is 5.73 Å². The molecule has 0 aromatic heterocycles. The van der Waals surface area contributed by atoms with Gasteiger partial charge in [0.1, 0.15) is 0 Å². The van der Waals surface area contributed by atoms with Gasteiger partial charge < -0.3 is 20.4 Å². The van der Waals surface area contributed by atoms with Gasteiger partial charge in [0.25, 0.3) is 5.91 Å². The van der Waals surface area contributed by atoms with Crippen LogP contribution in [0.25, 0.3) is 0 Å². The van der Waals surface area contributed by atoms with Crippen LogP contribution in [0.5, 0.6) is 0 Å². The van der Waals surface area contributed by atoms with Crippen LogP contribution in [0.15, 0.2) is 12.1 Å². The highest BCUT2D eigenvalue weighted by atomic mass is 31.2. The zero-order valence-corrected chi connectivity index (χ0v) is 16.6. The molecule has 0 bridgehead atoms. The van der Waals surface area contributed by atoms with Crippen LogP contribution < -0.4 is 5.73 Å². The fraction of sp³-hybridized carbons (Fsp3) is 0.632. The number of carbonyl (C=O) groups is 1. The molecule has 1 aromatic rings. The van der Waals surface area contributed by atoms with Crippen molar-refractivity contribution in [2.75, 3.05) is 12.8 Å². The van der Waals surface area contributed by atoms with E-state index < -0.39 is 12.8 Å². The van der Waals surface area contributed by atoms with Gasteiger partial charge in [0.05, 0.1) is 10.7 Å². The van der Waals surface area contributed by atoms with E-state index in [2.05, 4.69) is 0 Å². The first kappa shape index (κ1) is 19.4. The number of rotatable bonds is 4. The number of hydrogen-bond donors (Lipinski definition) is 3. The number of benzene rings is 1. The van der Waals surface area contributed by atoms with Crippen molar-refractivity contribution in [1.82, 2.24) is 4.90 Å². The van der Waals surface area contributed by atoms with Crippen molar-refractivity contribution >= 4 is 19.2 Å². The number of fused-ring (bicyclic) bond motifs is 1. The van der Waals surface area contributed by atoms with Crippen LogP contribution >= 0.6 is 7.60 Å². The van der Waals surface area contributed by atoms with E-state index in [9.17, 15) is 19.1 Å². The Balaban J connectivity index is 1.98. The lowest BCUT2D eigenvalue weighted by Gasteiger charge is -2.46. The van der Waals surface area contributed by atoms with E-state index in [1.807, 2.05) is 19.9 Å². The van der Waals surface area contributed by atoms with Crippen molar-refractivity contribution in [3.63, 3.8) is 0 Å². The van der Waals surface area contributed by atoms with Gasteiger partial charge in [-0.05, 0) is 54.7 Å². The molecule has 1 saturated carbocycles. The van der Waals surface area contributed by atoms with Gasteiger partial charge in [0.15, 0.2) is 0 Å². The Morgan fingerprint density at radius 1 is 1.35 bits per heavy atom. The third-order valence-electron chi connectivity index (χ3n) is 6.72. The SMILES string of the molecule is CCC1CC(c2ccc(N)c3c2CN(C)C3=O)CCC1(CC)P(=O)(O)O. The van der Waals surface area contributed by atoms with Crippen LogP contribution in [-0.2, 0) is 11.1 Å². The predicted octanol–water partition coefficient (Wildman–Crippen LogP) is 3.47. The number of carbonyl (C=O) groups excluding carboxylic acids is 1. The molecule has 0 spiro atoms. The van der Waals surface area contributed by atoms with Crippen molar-refractivity contribution in [3.8, 4) is 0 Å². The first-order chi connectivity index (χ1) is 12.2. The van der Waals surface area contributed by atoms with Crippen molar-refractivity contribution < 1.29 is 19.1 Å². The first-order valence-corrected chi connectivity index (χ1v) is 11.0. The molecule has 1 heterocycles. The first-order valence-electron chi connectivity index (χ1n) is 9.38. The van der Waals surface area contributed by atoms with Gasteiger partial charge in [-0.2, -0.15) is 0 Å². The van der Waals surface area contributed by atoms with Gasteiger partial charge in [-0.25, -0.2) is 0 Å². The molecule has 26 heavy (non-hydrogen) atoms. The molecule has 0 radical (unpaired) electrons. The number of nitrogen functional groups attached to an aromatic ring is 1. The van der Waals surface area contributed by atoms with E-state index in [1.165, 1.54) is 0 Å². The maximum atomic E-state index is 12.4. The van der Waals surface area contributed by atoms with E-state index in [0.717, 1.165) is 30.4 Å². The summed E-state index contributed by atoms with van der Waals surface area (Å²) in [6.45, 7) is 4.45. The summed E-state index contributed by atoms with van der Waals surface area (Å²) in [7, 11) is -2.41. The van der Waals surface area contributed by atoms with Gasteiger partial charge in [0.2, 0.25) is 0 Å². The maximum Gasteiger partial charge on any atom is 0.331 e. The summed E-state index contributed by atoms with van der Waals surface area (Å²) in [6.07, 6.45) is 3.21. The zero-order valence-electron chi connectivity index (χ0n) is 15.7. The number of anilines is 1. The number of amides is 1. The van der Waals surface area contributed by atoms with Crippen molar-refractivity contribution in [1.29, 1.82) is 0 Å². The summed E-state index contributed by atoms with van der Waals surface area (Å²) in [5.74, 6) is 0.135. The second kappa shape index (κ2) is 6.66. The molecule has 3 unspecified atom stereocenters. The van der Waals surface area contributed by atoms with Crippen molar-refractivity contribution in [3.05, 3.63) is 28.8 Å². The van der Waals surface area contributed by atoms with E-state index in [0.29, 0.717) is 30.6 Å². The molecule has 144 valence electrons. The molecule has 1 aromatic carbocycles. The van der Waals surface area contributed by atoms with Crippen LogP contribution in [-0.4, -0.2) is 32.8 Å². The molecule has 0 saturated heterocycles. The van der Waals surface area contributed by atoms with E-state index in [-0.39, 0.29) is 17.7 Å². The van der Waals surface area contributed by atoms with Crippen LogP contribution in [0.1, 0.15) is 73.4 Å². The number of nitrogens with zero attached hydrogens (tertiary/aromatic N) is 1. The zero-order chi connectivity index (χ0) is 19.3. The predicted molar refractivity (Wildman–Crippen MR) is 102 cm³/mol. The fourth-order valence-corrected chi connectivity index (χ4v) is 6.78. The molecule has 4 N–H and O–H groups in total. The Kier molecular flexibility index (Phi) is 4.97. The second-order valence-corrected chi connectivity index (χ2v) is 9.82. The van der Waals surface area contributed by atoms with Gasteiger partial charge in [-0.1, -0.05) is 26.3 Å². The average molecular weight is 380 g/mol. The minimum absolute atomic E-state index is 0.0323. The largest absolute Gasteiger partial charge is 0.398 e. The van der Waals surface area contributed by atoms with Crippen LogP contribution in [0.2, 0.25) is 0 Å². The second-order valence-electron chi connectivity index (χ2n) is 7.84. The van der Waals surface area contributed by atoms with E-state index >= 15 is 0 Å². The molecule has 3 atom stereocenters. The molecular formula is C19H29N2O4P. The Morgan fingerprint density at radius 3 is 2.62 bits per heavy atom. The third-order valence-corrected chi connectivity index (χ3v) is 8.78. The summed E-state index contributed by atoms with van der Waals surface area (Å²) < 4.78 is 12.3. The summed E-state index contributed by atoms with van der Waals surface area (Å²) in [6, 6.07) is 3.81. The number of hydrogen-bond acceptors (Lipinski definition) is 3. The third kappa shape index (κ3) is 2.79. The van der Waals surface area contributed by atoms with Crippen molar-refractivity contribution in [2.24, 2.45) is 5.92 Å². The van der Waals surface area contributed by atoms with Gasteiger partial charge in [-0.15, -0.1) is 0 Å². The molecule has 1 fully saturated rings. The van der Waals surface area contributed by atoms with Gasteiger partial charge in [0, 0.05) is 19.3 Å². The molecule has 1 aliphatic heterocycles. The summed E-state index contributed by atoms with van der Waals surface area (Å²) >= 11 is 0. The van der Waals surface area contributed by atoms with Crippen LogP contribution in [0, 0.1) is 5.92 Å². The normalized spacial score (nSPS) is 29.1. The minimum Gasteiger partial charge on any atom is -0.398 e. The fourth-order valence-electron chi connectivity index (χ4n) is 5.18. The Bertz CT molecular complexity index is 775. The van der Waals surface area contributed by atoms with E-state index in [1.54, 1.807) is 18.0 Å². The summed E-state index contributed by atoms with van der Waals surface area (Å²) in [4.78, 5) is 34.2. The summed E-state index contributed by atoms with van der Waals surface area (Å²) in [5.41, 5.74) is 9.30. The molecule has 3 rings (SSSR count). The molecule has 2 aliphatic rings. The number of nitrogens with two attached hydrogens (primary N) is 1. The molecule has 1 aliphatic carbocycles. The average Bonchev–Trinajstić information content (AvgIpc) is 2.89. The quantitative estimate of drug-likeness (QED) is 0.548. The lowest BCUT2D eigenvalue weighted by Crippen LogP contribution is -2.41. The monoisotopic (exact) mass is 380 g/mol. The smallest absolute Gasteiger partial charge is 0.331 e. The highest BCUT2D eigenvalue weighted by molar-refractivity contribution is 7.53. The maximum absolute atomic E-state index is 12.4. The Morgan fingerprint density at radius 2 is 2.04 bits per heavy atom. The highest BCUT2D eigenvalue weighted by Gasteiger charge is 2.53. The van der Waals surface area contributed by atoms with Gasteiger partial charge >= 0.3 is 7.60 Å². The van der Waals surface area contributed by atoms with Crippen molar-refractivity contribution in [2.45, 2.75) is 63.6 Å². The lowest BCUT2D eigenvalue weighted by atomic mass is 9.68. The Labute approximate surface area is 154 Å². The molecule has 1 amide bonds.